The Bertz CT molecular complexity index is 564. The van der Waals surface area contributed by atoms with Gasteiger partial charge >= 0.3 is 0 Å². The van der Waals surface area contributed by atoms with Gasteiger partial charge in [-0.1, -0.05) is 26.0 Å². The van der Waals surface area contributed by atoms with Gasteiger partial charge in [-0.25, -0.2) is 8.78 Å². The molecule has 20 heavy (non-hydrogen) atoms. The number of anilines is 1. The summed E-state index contributed by atoms with van der Waals surface area (Å²) in [5, 5.41) is 3.11. The van der Waals surface area contributed by atoms with Gasteiger partial charge in [0.05, 0.1) is 0 Å². The van der Waals surface area contributed by atoms with Crippen LogP contribution < -0.4 is 5.32 Å². The maximum Gasteiger partial charge on any atom is 0.128 e. The number of rotatable bonds is 5. The van der Waals surface area contributed by atoms with Crippen LogP contribution in [0.2, 0.25) is 0 Å². The third kappa shape index (κ3) is 3.56. The van der Waals surface area contributed by atoms with E-state index in [1.807, 2.05) is 12.1 Å². The van der Waals surface area contributed by atoms with Crippen LogP contribution >= 0.6 is 0 Å². The Morgan fingerprint density at radius 1 is 1.05 bits per heavy atom. The van der Waals surface area contributed by atoms with Crippen molar-refractivity contribution in [3.05, 3.63) is 65.2 Å². The molecule has 0 saturated heterocycles. The highest BCUT2D eigenvalue weighted by Crippen LogP contribution is 2.21. The van der Waals surface area contributed by atoms with Gasteiger partial charge in [-0.05, 0) is 48.2 Å². The minimum absolute atomic E-state index is 0.270. The zero-order chi connectivity index (χ0) is 14.5. The first-order valence-corrected chi connectivity index (χ1v) is 6.88. The first kappa shape index (κ1) is 14.5. The molecule has 3 heteroatoms. The molecule has 0 aromatic heterocycles. The normalized spacial score (nSPS) is 12.2. The molecule has 1 N–H and O–H groups in total. The van der Waals surface area contributed by atoms with E-state index >= 15 is 0 Å². The van der Waals surface area contributed by atoms with Gasteiger partial charge in [-0.3, -0.25) is 0 Å². The van der Waals surface area contributed by atoms with Crippen LogP contribution in [0.1, 0.15) is 37.3 Å². The van der Waals surface area contributed by atoms with E-state index in [0.717, 1.165) is 24.2 Å². The molecule has 0 aliphatic rings. The first-order chi connectivity index (χ1) is 9.60. The smallest absolute Gasteiger partial charge is 0.128 e. The van der Waals surface area contributed by atoms with Crippen LogP contribution in [0.15, 0.2) is 42.5 Å². The van der Waals surface area contributed by atoms with E-state index in [1.54, 1.807) is 0 Å². The molecule has 2 aromatic carbocycles. The Labute approximate surface area is 118 Å². The second kappa shape index (κ2) is 6.51. The van der Waals surface area contributed by atoms with Crippen molar-refractivity contribution >= 4 is 5.69 Å². The largest absolute Gasteiger partial charge is 0.381 e. The molecular weight excluding hydrogens is 256 g/mol. The topological polar surface area (TPSA) is 12.0 Å². The van der Waals surface area contributed by atoms with Crippen molar-refractivity contribution in [2.45, 2.75) is 32.7 Å². The first-order valence-electron chi connectivity index (χ1n) is 6.88. The van der Waals surface area contributed by atoms with Gasteiger partial charge < -0.3 is 5.32 Å². The van der Waals surface area contributed by atoms with E-state index in [0.29, 0.717) is 11.5 Å². The molecular formula is C17H19F2N. The van der Waals surface area contributed by atoms with E-state index < -0.39 is 11.6 Å². The lowest BCUT2D eigenvalue weighted by Gasteiger charge is -2.11. The average Bonchev–Trinajstić information content (AvgIpc) is 2.48. The minimum Gasteiger partial charge on any atom is -0.381 e. The monoisotopic (exact) mass is 275 g/mol. The van der Waals surface area contributed by atoms with Crippen molar-refractivity contribution in [2.24, 2.45) is 0 Å². The standard InChI is InChI=1S/C17H19F2N/c1-3-12(2)13-4-7-16(8-5-13)20-11-14-10-15(18)6-9-17(14)19/h4-10,12,20H,3,11H2,1-2H3. The molecule has 2 rings (SSSR count). The minimum atomic E-state index is -0.421. The van der Waals surface area contributed by atoms with E-state index in [2.05, 4.69) is 31.3 Å². The summed E-state index contributed by atoms with van der Waals surface area (Å²) in [6, 6.07) is 11.6. The van der Waals surface area contributed by atoms with Crippen molar-refractivity contribution in [3.63, 3.8) is 0 Å². The zero-order valence-electron chi connectivity index (χ0n) is 11.8. The number of hydrogen-bond acceptors (Lipinski definition) is 1. The molecule has 1 nitrogen and oxygen atoms in total. The van der Waals surface area contributed by atoms with E-state index in [-0.39, 0.29) is 6.54 Å². The molecule has 0 saturated carbocycles. The summed E-state index contributed by atoms with van der Waals surface area (Å²) in [7, 11) is 0. The molecule has 0 bridgehead atoms. The Balaban J connectivity index is 2.02. The van der Waals surface area contributed by atoms with Gasteiger partial charge in [-0.15, -0.1) is 0 Å². The van der Waals surface area contributed by atoms with Crippen LogP contribution in [0.5, 0.6) is 0 Å². The van der Waals surface area contributed by atoms with E-state index in [1.165, 1.54) is 11.6 Å². The van der Waals surface area contributed by atoms with Gasteiger partial charge in [0.2, 0.25) is 0 Å². The Kier molecular flexibility index (Phi) is 4.72. The van der Waals surface area contributed by atoms with Crippen molar-refractivity contribution in [2.75, 3.05) is 5.32 Å². The van der Waals surface area contributed by atoms with Crippen LogP contribution in [0.25, 0.3) is 0 Å². The van der Waals surface area contributed by atoms with E-state index in [4.69, 9.17) is 0 Å². The van der Waals surface area contributed by atoms with Crippen LogP contribution in [0.3, 0.4) is 0 Å². The highest BCUT2D eigenvalue weighted by atomic mass is 19.1. The predicted octanol–water partition coefficient (Wildman–Crippen LogP) is 5.09. The maximum absolute atomic E-state index is 13.5. The van der Waals surface area contributed by atoms with Crippen molar-refractivity contribution in [1.82, 2.24) is 0 Å². The summed E-state index contributed by atoms with van der Waals surface area (Å²) in [6.07, 6.45) is 1.10. The fraction of sp³-hybridized carbons (Fsp3) is 0.294. The third-order valence-corrected chi connectivity index (χ3v) is 3.58. The van der Waals surface area contributed by atoms with Gasteiger partial charge in [0.1, 0.15) is 11.6 Å². The molecule has 0 fully saturated rings. The molecule has 0 heterocycles. The SMILES string of the molecule is CCC(C)c1ccc(NCc2cc(F)ccc2F)cc1. The fourth-order valence-corrected chi connectivity index (χ4v) is 2.04. The van der Waals surface area contributed by atoms with E-state index in [9.17, 15) is 8.78 Å². The summed E-state index contributed by atoms with van der Waals surface area (Å²) < 4.78 is 26.5. The lowest BCUT2D eigenvalue weighted by molar-refractivity contribution is 0.587. The van der Waals surface area contributed by atoms with Gasteiger partial charge in [0.25, 0.3) is 0 Å². The second-order valence-corrected chi connectivity index (χ2v) is 5.02. The molecule has 0 radical (unpaired) electrons. The quantitative estimate of drug-likeness (QED) is 0.801. The van der Waals surface area contributed by atoms with Crippen LogP contribution in [0, 0.1) is 11.6 Å². The highest BCUT2D eigenvalue weighted by molar-refractivity contribution is 5.45. The molecule has 0 aliphatic heterocycles. The summed E-state index contributed by atoms with van der Waals surface area (Å²) in [5.41, 5.74) is 2.52. The molecule has 0 amide bonds. The Morgan fingerprint density at radius 2 is 1.75 bits per heavy atom. The molecule has 0 aliphatic carbocycles. The molecule has 0 spiro atoms. The van der Waals surface area contributed by atoms with Crippen LogP contribution in [-0.4, -0.2) is 0 Å². The van der Waals surface area contributed by atoms with Crippen LogP contribution in [-0.2, 0) is 6.54 Å². The molecule has 1 unspecified atom stereocenters. The number of nitrogens with one attached hydrogen (secondary N) is 1. The van der Waals surface area contributed by atoms with Crippen molar-refractivity contribution in [3.8, 4) is 0 Å². The van der Waals surface area contributed by atoms with Gasteiger partial charge in [-0.2, -0.15) is 0 Å². The Hall–Kier alpha value is -1.90. The van der Waals surface area contributed by atoms with Gasteiger partial charge in [0, 0.05) is 17.8 Å². The zero-order valence-corrected chi connectivity index (χ0v) is 11.8. The summed E-state index contributed by atoms with van der Waals surface area (Å²) in [5.74, 6) is -0.282. The number of halogens is 2. The van der Waals surface area contributed by atoms with Crippen LogP contribution in [0.4, 0.5) is 14.5 Å². The van der Waals surface area contributed by atoms with Crippen molar-refractivity contribution < 1.29 is 8.78 Å². The average molecular weight is 275 g/mol. The van der Waals surface area contributed by atoms with Crippen molar-refractivity contribution in [1.29, 1.82) is 0 Å². The highest BCUT2D eigenvalue weighted by Gasteiger charge is 2.05. The molecule has 1 atom stereocenters. The predicted molar refractivity (Wildman–Crippen MR) is 78.8 cm³/mol. The maximum atomic E-state index is 13.5. The number of hydrogen-bond donors (Lipinski definition) is 1. The molecule has 106 valence electrons. The van der Waals surface area contributed by atoms with Gasteiger partial charge in [0.15, 0.2) is 0 Å². The lowest BCUT2D eigenvalue weighted by atomic mass is 9.98. The molecule has 2 aromatic rings. The third-order valence-electron chi connectivity index (χ3n) is 3.58. The summed E-state index contributed by atoms with van der Waals surface area (Å²) in [4.78, 5) is 0. The summed E-state index contributed by atoms with van der Waals surface area (Å²) in [6.45, 7) is 4.61. The summed E-state index contributed by atoms with van der Waals surface area (Å²) >= 11 is 0. The lowest BCUT2D eigenvalue weighted by Crippen LogP contribution is -2.02. The Morgan fingerprint density at radius 3 is 2.40 bits per heavy atom. The number of benzene rings is 2. The fourth-order valence-electron chi connectivity index (χ4n) is 2.04. The second-order valence-electron chi connectivity index (χ2n) is 5.02.